The number of benzene rings is 2. The molecule has 21 heteroatoms. The molecule has 2 aliphatic rings. The fraction of sp³-hybridized carbons (Fsp3) is 0.404. The number of hydroxylamine groups is 2. The lowest BCUT2D eigenvalue weighted by molar-refractivity contribution is -0.132. The molecule has 0 bridgehead atoms. The second-order valence-electron chi connectivity index (χ2n) is 16.9. The molecule has 0 atom stereocenters. The summed E-state index contributed by atoms with van der Waals surface area (Å²) in [5, 5.41) is 15.1. The first-order chi connectivity index (χ1) is 32.2. The Bertz CT molecular complexity index is 2870. The largest absolute Gasteiger partial charge is 0.464 e. The monoisotopic (exact) mass is 949 g/mol. The molecule has 2 N–H and O–H groups in total. The van der Waals surface area contributed by atoms with Crippen molar-refractivity contribution >= 4 is 46.1 Å². The van der Waals surface area contributed by atoms with Gasteiger partial charge in [0.05, 0.1) is 62.2 Å². The summed E-state index contributed by atoms with van der Waals surface area (Å²) in [4.78, 5) is 63.5. The molecule has 4 heterocycles. The third-order valence-electron chi connectivity index (χ3n) is 11.5. The van der Waals surface area contributed by atoms with Crippen LogP contribution in [0, 0.1) is 25.7 Å². The highest BCUT2D eigenvalue weighted by Crippen LogP contribution is 2.36. The molecule has 0 unspecified atom stereocenters. The minimum absolute atomic E-state index is 0.0384. The number of anilines is 2. The maximum atomic E-state index is 12.7. The number of hydrogen-bond donors (Lipinski definition) is 2. The highest BCUT2D eigenvalue weighted by molar-refractivity contribution is 5.99. The number of aromatic nitrogens is 6. The molecule has 68 heavy (non-hydrogen) atoms. The van der Waals surface area contributed by atoms with E-state index in [0.717, 1.165) is 41.9 Å². The summed E-state index contributed by atoms with van der Waals surface area (Å²) < 4.78 is 83.4. The van der Waals surface area contributed by atoms with Crippen LogP contribution in [-0.2, 0) is 9.57 Å². The Morgan fingerprint density at radius 1 is 0.676 bits per heavy atom. The molecule has 15 nitrogen and oxygen atoms in total. The number of alkyl halides is 6. The summed E-state index contributed by atoms with van der Waals surface area (Å²) in [5.41, 5.74) is 6.29. The SMILES string of the molecule is COC(=O)c1cc(NCCC(F)(F)F)c2ncc(-c3ccc(C(=O)CC4CC4)c(C)c3)n2n1.CON(C)C(=O)c1cc(NCCC(F)(F)F)c2ncc(-c3ccc(C(=O)CC4CC4)c(C)c3)n2n1. The Morgan fingerprint density at radius 3 is 1.49 bits per heavy atom. The molecule has 8 rings (SSSR count). The first-order valence-electron chi connectivity index (χ1n) is 21.8. The molecule has 6 aromatic rings. The number of carbonyl (C=O) groups is 4. The summed E-state index contributed by atoms with van der Waals surface area (Å²) in [6, 6.07) is 13.5. The number of nitrogens with one attached hydrogen (secondary N) is 2. The van der Waals surface area contributed by atoms with Crippen molar-refractivity contribution in [2.45, 2.75) is 77.6 Å². The number of halogens is 6. The number of ether oxygens (including phenoxy) is 1. The summed E-state index contributed by atoms with van der Waals surface area (Å²) in [6.45, 7) is 2.93. The van der Waals surface area contributed by atoms with Crippen molar-refractivity contribution in [1.82, 2.24) is 34.3 Å². The topological polar surface area (TPSA) is 174 Å². The van der Waals surface area contributed by atoms with Crippen LogP contribution in [0.1, 0.15) is 104 Å². The zero-order chi connectivity index (χ0) is 49.1. The summed E-state index contributed by atoms with van der Waals surface area (Å²) in [5.74, 6) is -0.118. The van der Waals surface area contributed by atoms with Crippen LogP contribution >= 0.6 is 0 Å². The average molecular weight is 950 g/mol. The van der Waals surface area contributed by atoms with Crippen LogP contribution in [0.25, 0.3) is 33.8 Å². The van der Waals surface area contributed by atoms with Gasteiger partial charge in [0.25, 0.3) is 5.91 Å². The number of hydrogen-bond acceptors (Lipinski definition) is 12. The van der Waals surface area contributed by atoms with Crippen molar-refractivity contribution in [3.8, 4) is 22.5 Å². The predicted octanol–water partition coefficient (Wildman–Crippen LogP) is 9.52. The number of amides is 1. The van der Waals surface area contributed by atoms with E-state index in [-0.39, 0.29) is 52.2 Å². The van der Waals surface area contributed by atoms with Crippen LogP contribution in [0.2, 0.25) is 0 Å². The fourth-order valence-corrected chi connectivity index (χ4v) is 7.48. The van der Waals surface area contributed by atoms with E-state index in [1.807, 2.05) is 26.0 Å². The van der Waals surface area contributed by atoms with E-state index in [1.54, 1.807) is 24.3 Å². The van der Waals surface area contributed by atoms with Gasteiger partial charge in [-0.15, -0.1) is 0 Å². The fourth-order valence-electron chi connectivity index (χ4n) is 7.48. The molecule has 360 valence electrons. The highest BCUT2D eigenvalue weighted by atomic mass is 19.4. The van der Waals surface area contributed by atoms with Crippen molar-refractivity contribution in [2.75, 3.05) is 45.0 Å². The summed E-state index contributed by atoms with van der Waals surface area (Å²) in [6.07, 6.45) is -2.22. The Kier molecular flexibility index (Phi) is 14.5. The van der Waals surface area contributed by atoms with Crippen molar-refractivity contribution in [3.05, 3.63) is 94.6 Å². The summed E-state index contributed by atoms with van der Waals surface area (Å²) in [7, 11) is 3.91. The Morgan fingerprint density at radius 2 is 1.10 bits per heavy atom. The maximum absolute atomic E-state index is 12.7. The smallest absolute Gasteiger partial charge is 0.390 e. The van der Waals surface area contributed by atoms with E-state index in [9.17, 15) is 45.5 Å². The van der Waals surface area contributed by atoms with E-state index in [1.165, 1.54) is 54.8 Å². The molecule has 0 radical (unpaired) electrons. The van der Waals surface area contributed by atoms with Gasteiger partial charge in [0.15, 0.2) is 34.2 Å². The van der Waals surface area contributed by atoms with Gasteiger partial charge >= 0.3 is 18.3 Å². The Labute approximate surface area is 386 Å². The number of Topliss-reactive ketones (excluding diaryl/α,β-unsaturated/α-hetero) is 2. The second kappa shape index (κ2) is 20.1. The lowest BCUT2D eigenvalue weighted by Crippen LogP contribution is -2.27. The maximum Gasteiger partial charge on any atom is 0.390 e. The molecule has 2 aliphatic carbocycles. The number of ketones is 2. The number of methoxy groups -OCH3 is 1. The van der Waals surface area contributed by atoms with E-state index < -0.39 is 43.6 Å². The molecule has 4 aromatic heterocycles. The van der Waals surface area contributed by atoms with Gasteiger partial charge in [0.1, 0.15) is 0 Å². The number of imidazole rings is 2. The zero-order valence-corrected chi connectivity index (χ0v) is 37.8. The zero-order valence-electron chi connectivity index (χ0n) is 37.8. The van der Waals surface area contributed by atoms with Crippen LogP contribution in [-0.4, -0.2) is 104 Å². The Balaban J connectivity index is 0.000000202. The van der Waals surface area contributed by atoms with Gasteiger partial charge in [0.2, 0.25) is 0 Å². The van der Waals surface area contributed by atoms with Crippen molar-refractivity contribution < 1.29 is 55.1 Å². The van der Waals surface area contributed by atoms with Gasteiger partial charge in [0, 0.05) is 61.3 Å². The molecule has 1 amide bonds. The number of carbonyl (C=O) groups excluding carboxylic acids is 4. The van der Waals surface area contributed by atoms with Crippen LogP contribution in [0.4, 0.5) is 37.7 Å². The molecule has 0 saturated heterocycles. The summed E-state index contributed by atoms with van der Waals surface area (Å²) >= 11 is 0. The quantitative estimate of drug-likeness (QED) is 0.0384. The second-order valence-corrected chi connectivity index (χ2v) is 16.9. The normalized spacial score (nSPS) is 13.8. The highest BCUT2D eigenvalue weighted by Gasteiger charge is 2.30. The lowest BCUT2D eigenvalue weighted by atomic mass is 9.98. The van der Waals surface area contributed by atoms with E-state index in [4.69, 9.17) is 9.57 Å². The third-order valence-corrected chi connectivity index (χ3v) is 11.5. The number of nitrogens with zero attached hydrogens (tertiary/aromatic N) is 7. The van der Waals surface area contributed by atoms with Crippen LogP contribution < -0.4 is 10.6 Å². The van der Waals surface area contributed by atoms with Crippen LogP contribution in [0.5, 0.6) is 0 Å². The average Bonchev–Trinajstić information content (AvgIpc) is 4.20. The Hall–Kier alpha value is -6.90. The number of fused-ring (bicyclic) bond motifs is 2. The molecule has 2 saturated carbocycles. The minimum atomic E-state index is -4.33. The lowest BCUT2D eigenvalue weighted by Gasteiger charge is -2.15. The van der Waals surface area contributed by atoms with E-state index in [0.29, 0.717) is 58.3 Å². The minimum Gasteiger partial charge on any atom is -0.464 e. The molecule has 0 aliphatic heterocycles. The van der Waals surface area contributed by atoms with Gasteiger partial charge in [-0.1, -0.05) is 24.3 Å². The number of rotatable bonds is 17. The van der Waals surface area contributed by atoms with Gasteiger partial charge < -0.3 is 15.4 Å². The predicted molar refractivity (Wildman–Crippen MR) is 238 cm³/mol. The van der Waals surface area contributed by atoms with Crippen molar-refractivity contribution in [1.29, 1.82) is 0 Å². The number of esters is 1. The molecule has 0 spiro atoms. The molecular formula is C47H49F6N9O6. The number of aryl methyl sites for hydroxylation is 2. The third kappa shape index (κ3) is 12.0. The van der Waals surface area contributed by atoms with Gasteiger partial charge in [-0.05, 0) is 80.7 Å². The van der Waals surface area contributed by atoms with Gasteiger partial charge in [-0.25, -0.2) is 28.9 Å². The standard InChI is InChI=1S/C24H26F3N5O3.C23H23F3N4O3/c1-14-10-16(6-7-17(14)21(33)11-15-4-5-15)20-13-29-22-18(28-9-8-24(25,26)27)12-19(30-32(20)22)23(34)31(2)35-3;1-13-9-15(5-6-16(13)20(31)10-14-3-4-14)19-12-28-21-17(27-8-7-23(24,25)26)11-18(22(32)33-2)29-30(19)21/h6-7,10,12-13,15,28H,4-5,8-9,11H2,1-3H3;5-6,9,11-12,14,27H,3-4,7-8,10H2,1-2H3. The van der Waals surface area contributed by atoms with E-state index >= 15 is 0 Å². The van der Waals surface area contributed by atoms with Crippen LogP contribution in [0.3, 0.4) is 0 Å². The van der Waals surface area contributed by atoms with Crippen molar-refractivity contribution in [2.24, 2.45) is 11.8 Å². The molecular weight excluding hydrogens is 901 g/mol. The molecule has 2 fully saturated rings. The van der Waals surface area contributed by atoms with Crippen molar-refractivity contribution in [3.63, 3.8) is 0 Å². The van der Waals surface area contributed by atoms with Gasteiger partial charge in [-0.2, -0.15) is 36.5 Å². The van der Waals surface area contributed by atoms with Crippen LogP contribution in [0.15, 0.2) is 60.9 Å². The first kappa shape index (κ1) is 49.0. The molecule has 2 aromatic carbocycles. The van der Waals surface area contributed by atoms with Gasteiger partial charge in [-0.3, -0.25) is 19.2 Å². The van der Waals surface area contributed by atoms with E-state index in [2.05, 4.69) is 30.8 Å². The first-order valence-corrected chi connectivity index (χ1v) is 21.8.